The van der Waals surface area contributed by atoms with Crippen molar-refractivity contribution in [3.8, 4) is 23.0 Å². The van der Waals surface area contributed by atoms with Gasteiger partial charge in [-0.2, -0.15) is 0 Å². The predicted molar refractivity (Wildman–Crippen MR) is 97.4 cm³/mol. The van der Waals surface area contributed by atoms with Crippen LogP contribution in [-0.2, 0) is 0 Å². The van der Waals surface area contributed by atoms with Crippen molar-refractivity contribution in [2.75, 3.05) is 28.4 Å². The van der Waals surface area contributed by atoms with Gasteiger partial charge in [0.2, 0.25) is 0 Å². The minimum absolute atomic E-state index is 0.215. The summed E-state index contributed by atoms with van der Waals surface area (Å²) in [7, 11) is 5.86. The first-order valence-corrected chi connectivity index (χ1v) is 8.02. The summed E-state index contributed by atoms with van der Waals surface area (Å²) in [4.78, 5) is 25.1. The van der Waals surface area contributed by atoms with Crippen molar-refractivity contribution in [3.63, 3.8) is 0 Å². The summed E-state index contributed by atoms with van der Waals surface area (Å²) in [5, 5.41) is 0.259. The Bertz CT molecular complexity index is 831. The van der Waals surface area contributed by atoms with Crippen molar-refractivity contribution < 1.29 is 28.5 Å². The van der Waals surface area contributed by atoms with Gasteiger partial charge < -0.3 is 18.9 Å². The molecular weight excluding hydrogens is 360 g/mol. The zero-order chi connectivity index (χ0) is 19.3. The van der Waals surface area contributed by atoms with Gasteiger partial charge in [0.25, 0.3) is 0 Å². The van der Waals surface area contributed by atoms with E-state index in [1.165, 1.54) is 46.6 Å². The van der Waals surface area contributed by atoms with Gasteiger partial charge in [0.1, 0.15) is 11.5 Å². The fourth-order valence-corrected chi connectivity index (χ4v) is 2.67. The lowest BCUT2D eigenvalue weighted by molar-refractivity contribution is 0.0892. The van der Waals surface area contributed by atoms with E-state index in [0.29, 0.717) is 22.8 Å². The van der Waals surface area contributed by atoms with Crippen LogP contribution in [0.25, 0.3) is 0 Å². The second-order valence-electron chi connectivity index (χ2n) is 5.28. The number of benzene rings is 2. The highest BCUT2D eigenvalue weighted by Gasteiger charge is 2.20. The van der Waals surface area contributed by atoms with Crippen LogP contribution in [0.15, 0.2) is 30.3 Å². The van der Waals surface area contributed by atoms with E-state index < -0.39 is 5.78 Å². The topological polar surface area (TPSA) is 71.1 Å². The molecule has 0 saturated heterocycles. The molecule has 0 heterocycles. The van der Waals surface area contributed by atoms with Crippen LogP contribution in [0.4, 0.5) is 0 Å². The number of hydrogen-bond acceptors (Lipinski definition) is 6. The molecule has 0 aliphatic carbocycles. The maximum atomic E-state index is 12.6. The van der Waals surface area contributed by atoms with E-state index in [4.69, 9.17) is 30.5 Å². The molecule has 0 aliphatic heterocycles. The first-order valence-electron chi connectivity index (χ1n) is 7.65. The highest BCUT2D eigenvalue weighted by Crippen LogP contribution is 2.33. The van der Waals surface area contributed by atoms with Gasteiger partial charge in [-0.3, -0.25) is 9.59 Å². The van der Waals surface area contributed by atoms with Crippen molar-refractivity contribution in [2.24, 2.45) is 0 Å². The summed E-state index contributed by atoms with van der Waals surface area (Å²) in [6, 6.07) is 7.67. The van der Waals surface area contributed by atoms with E-state index >= 15 is 0 Å². The van der Waals surface area contributed by atoms with Crippen LogP contribution >= 0.6 is 11.6 Å². The molecule has 0 atom stereocenters. The molecule has 2 aromatic carbocycles. The van der Waals surface area contributed by atoms with Crippen molar-refractivity contribution in [1.82, 2.24) is 0 Å². The summed E-state index contributed by atoms with van der Waals surface area (Å²) in [5.74, 6) is 0.814. The summed E-state index contributed by atoms with van der Waals surface area (Å²) in [6.45, 7) is 0. The van der Waals surface area contributed by atoms with E-state index in [2.05, 4.69) is 0 Å². The van der Waals surface area contributed by atoms with Gasteiger partial charge in [0, 0.05) is 11.6 Å². The molecule has 0 amide bonds. The van der Waals surface area contributed by atoms with Gasteiger partial charge in [-0.05, 0) is 24.3 Å². The molecule has 7 heteroatoms. The molecule has 26 heavy (non-hydrogen) atoms. The van der Waals surface area contributed by atoms with E-state index in [1.54, 1.807) is 12.1 Å². The van der Waals surface area contributed by atoms with Crippen LogP contribution in [0.1, 0.15) is 27.1 Å². The first-order chi connectivity index (χ1) is 12.4. The van der Waals surface area contributed by atoms with Gasteiger partial charge in [-0.1, -0.05) is 11.6 Å². The molecule has 6 nitrogen and oxygen atoms in total. The van der Waals surface area contributed by atoms with Gasteiger partial charge in [-0.15, -0.1) is 0 Å². The normalized spacial score (nSPS) is 10.2. The molecule has 138 valence electrons. The molecule has 0 aromatic heterocycles. The molecular formula is C19H19ClO6. The van der Waals surface area contributed by atoms with Crippen LogP contribution in [0, 0.1) is 0 Å². The van der Waals surface area contributed by atoms with Gasteiger partial charge in [0.05, 0.1) is 45.4 Å². The average molecular weight is 379 g/mol. The number of Topliss-reactive ketones (excluding diaryl/α,β-unsaturated/α-hetero) is 2. The standard InChI is InChI=1S/C19H19ClO6/c1-23-16-6-5-11(7-19(16)26-4)14(21)9-15(22)12-8-13(20)18(25-3)10-17(12)24-2/h5-8,10H,9H2,1-4H3. The lowest BCUT2D eigenvalue weighted by atomic mass is 10.0. The third-order valence-electron chi connectivity index (χ3n) is 3.80. The minimum Gasteiger partial charge on any atom is -0.496 e. The molecule has 0 bridgehead atoms. The molecule has 0 fully saturated rings. The number of halogens is 1. The minimum atomic E-state index is -0.411. The van der Waals surface area contributed by atoms with E-state index in [9.17, 15) is 9.59 Å². The Labute approximate surface area is 156 Å². The zero-order valence-corrected chi connectivity index (χ0v) is 15.7. The summed E-state index contributed by atoms with van der Waals surface area (Å²) >= 11 is 6.08. The quantitative estimate of drug-likeness (QED) is 0.513. The number of rotatable bonds is 8. The Morgan fingerprint density at radius 1 is 0.769 bits per heavy atom. The molecule has 0 aliphatic rings. The number of methoxy groups -OCH3 is 4. The van der Waals surface area contributed by atoms with Crippen molar-refractivity contribution in [1.29, 1.82) is 0 Å². The van der Waals surface area contributed by atoms with Gasteiger partial charge in [0.15, 0.2) is 23.1 Å². The second kappa shape index (κ2) is 8.58. The third-order valence-corrected chi connectivity index (χ3v) is 4.10. The predicted octanol–water partition coefficient (Wildman–Crippen LogP) is 3.83. The highest BCUT2D eigenvalue weighted by molar-refractivity contribution is 6.32. The van der Waals surface area contributed by atoms with Crippen molar-refractivity contribution in [2.45, 2.75) is 6.42 Å². The van der Waals surface area contributed by atoms with Crippen molar-refractivity contribution in [3.05, 3.63) is 46.5 Å². The number of carbonyl (C=O) groups is 2. The molecule has 0 saturated carbocycles. The lowest BCUT2D eigenvalue weighted by Gasteiger charge is -2.12. The largest absolute Gasteiger partial charge is 0.496 e. The fourth-order valence-electron chi connectivity index (χ4n) is 2.43. The smallest absolute Gasteiger partial charge is 0.174 e. The Hall–Kier alpha value is -2.73. The lowest BCUT2D eigenvalue weighted by Crippen LogP contribution is -2.10. The van der Waals surface area contributed by atoms with E-state index in [1.807, 2.05) is 0 Å². The number of ether oxygens (including phenoxy) is 4. The maximum absolute atomic E-state index is 12.6. The number of hydrogen-bond donors (Lipinski definition) is 0. The average Bonchev–Trinajstić information content (AvgIpc) is 2.66. The summed E-state index contributed by atoms with van der Waals surface area (Å²) in [6.07, 6.45) is -0.339. The van der Waals surface area contributed by atoms with Crippen LogP contribution in [0.5, 0.6) is 23.0 Å². The van der Waals surface area contributed by atoms with Crippen LogP contribution in [0.2, 0.25) is 5.02 Å². The molecule has 0 spiro atoms. The monoisotopic (exact) mass is 378 g/mol. The van der Waals surface area contributed by atoms with E-state index in [0.717, 1.165) is 0 Å². The number of ketones is 2. The molecule has 0 N–H and O–H groups in total. The van der Waals surface area contributed by atoms with Gasteiger partial charge in [-0.25, -0.2) is 0 Å². The van der Waals surface area contributed by atoms with Crippen LogP contribution in [-0.4, -0.2) is 40.0 Å². The Kier molecular flexibility index (Phi) is 6.46. The third kappa shape index (κ3) is 4.08. The highest BCUT2D eigenvalue weighted by atomic mass is 35.5. The maximum Gasteiger partial charge on any atom is 0.174 e. The Morgan fingerprint density at radius 2 is 1.38 bits per heavy atom. The second-order valence-corrected chi connectivity index (χ2v) is 5.69. The zero-order valence-electron chi connectivity index (χ0n) is 14.9. The van der Waals surface area contributed by atoms with Crippen LogP contribution < -0.4 is 18.9 Å². The molecule has 0 radical (unpaired) electrons. The van der Waals surface area contributed by atoms with Gasteiger partial charge >= 0.3 is 0 Å². The molecule has 2 rings (SSSR count). The van der Waals surface area contributed by atoms with E-state index in [-0.39, 0.29) is 28.5 Å². The first kappa shape index (κ1) is 19.6. The number of carbonyl (C=O) groups excluding carboxylic acids is 2. The fraction of sp³-hybridized carbons (Fsp3) is 0.263. The molecule has 0 unspecified atom stereocenters. The molecule has 2 aromatic rings. The Morgan fingerprint density at radius 3 is 1.96 bits per heavy atom. The SMILES string of the molecule is COc1cc(OC)c(C(=O)CC(=O)c2ccc(OC)c(OC)c2)cc1Cl. The summed E-state index contributed by atoms with van der Waals surface area (Å²) < 4.78 is 20.6. The van der Waals surface area contributed by atoms with Crippen molar-refractivity contribution >= 4 is 23.2 Å². The summed E-state index contributed by atoms with van der Waals surface area (Å²) in [5.41, 5.74) is 0.557. The Balaban J connectivity index is 2.27. The van der Waals surface area contributed by atoms with Crippen LogP contribution in [0.3, 0.4) is 0 Å².